The second-order valence-corrected chi connectivity index (χ2v) is 4.70. The highest BCUT2D eigenvalue weighted by molar-refractivity contribution is 9.10. The molecule has 0 aliphatic rings. The summed E-state index contributed by atoms with van der Waals surface area (Å²) in [5, 5.41) is 10.6. The Kier molecular flexibility index (Phi) is 4.03. The van der Waals surface area contributed by atoms with Crippen molar-refractivity contribution in [3.8, 4) is 0 Å². The molecule has 0 radical (unpaired) electrons. The highest BCUT2D eigenvalue weighted by Crippen LogP contribution is 2.17. The maximum atomic E-state index is 11.9. The second kappa shape index (κ2) is 5.72. The first-order chi connectivity index (χ1) is 8.66. The van der Waals surface area contributed by atoms with Crippen LogP contribution in [0.2, 0.25) is 0 Å². The van der Waals surface area contributed by atoms with E-state index < -0.39 is 0 Å². The summed E-state index contributed by atoms with van der Waals surface area (Å²) < 4.78 is 2.39. The SMILES string of the molecule is CN(Cc1ccccc1Br)C(=O)Cn1cnnn1. The fourth-order valence-corrected chi connectivity index (χ4v) is 1.89. The number of carbonyl (C=O) groups excluding carboxylic acids is 1. The third kappa shape index (κ3) is 3.13. The maximum Gasteiger partial charge on any atom is 0.244 e. The molecule has 0 atom stereocenters. The summed E-state index contributed by atoms with van der Waals surface area (Å²) in [5.74, 6) is -0.0435. The van der Waals surface area contributed by atoms with E-state index in [1.165, 1.54) is 11.0 Å². The molecule has 6 nitrogen and oxygen atoms in total. The highest BCUT2D eigenvalue weighted by atomic mass is 79.9. The van der Waals surface area contributed by atoms with Gasteiger partial charge in [0.2, 0.25) is 5.91 Å². The van der Waals surface area contributed by atoms with Crippen LogP contribution in [0.25, 0.3) is 0 Å². The van der Waals surface area contributed by atoms with Gasteiger partial charge in [0.1, 0.15) is 12.9 Å². The van der Waals surface area contributed by atoms with E-state index in [2.05, 4.69) is 31.5 Å². The van der Waals surface area contributed by atoms with Crippen LogP contribution in [0.3, 0.4) is 0 Å². The second-order valence-electron chi connectivity index (χ2n) is 3.85. The number of carbonyl (C=O) groups is 1. The summed E-state index contributed by atoms with van der Waals surface area (Å²) in [7, 11) is 1.76. The lowest BCUT2D eigenvalue weighted by molar-refractivity contribution is -0.131. The number of hydrogen-bond acceptors (Lipinski definition) is 4. The lowest BCUT2D eigenvalue weighted by Crippen LogP contribution is -2.30. The number of amides is 1. The van der Waals surface area contributed by atoms with Crippen LogP contribution in [0, 0.1) is 0 Å². The number of hydrogen-bond donors (Lipinski definition) is 0. The average molecular weight is 310 g/mol. The van der Waals surface area contributed by atoms with Crippen LogP contribution in [0.5, 0.6) is 0 Å². The third-order valence-electron chi connectivity index (χ3n) is 2.48. The van der Waals surface area contributed by atoms with Crippen LogP contribution in [0.1, 0.15) is 5.56 Å². The predicted octanol–water partition coefficient (Wildman–Crippen LogP) is 1.09. The monoisotopic (exact) mass is 309 g/mol. The first kappa shape index (κ1) is 12.7. The normalized spacial score (nSPS) is 10.3. The molecule has 0 saturated heterocycles. The molecular weight excluding hydrogens is 298 g/mol. The van der Waals surface area contributed by atoms with Crippen LogP contribution < -0.4 is 0 Å². The zero-order valence-corrected chi connectivity index (χ0v) is 11.4. The Balaban J connectivity index is 1.97. The van der Waals surface area contributed by atoms with Gasteiger partial charge in [0, 0.05) is 18.1 Å². The van der Waals surface area contributed by atoms with Crippen LogP contribution in [0.4, 0.5) is 0 Å². The summed E-state index contributed by atoms with van der Waals surface area (Å²) in [4.78, 5) is 13.6. The van der Waals surface area contributed by atoms with E-state index in [1.54, 1.807) is 11.9 Å². The van der Waals surface area contributed by atoms with Crippen LogP contribution in [-0.2, 0) is 17.9 Å². The Labute approximate surface area is 113 Å². The van der Waals surface area contributed by atoms with E-state index >= 15 is 0 Å². The number of tetrazole rings is 1. The molecule has 1 aromatic heterocycles. The summed E-state index contributed by atoms with van der Waals surface area (Å²) in [6, 6.07) is 7.82. The summed E-state index contributed by atoms with van der Waals surface area (Å²) in [6.07, 6.45) is 1.42. The molecule has 0 spiro atoms. The molecule has 1 heterocycles. The van der Waals surface area contributed by atoms with Gasteiger partial charge in [-0.25, -0.2) is 4.68 Å². The van der Waals surface area contributed by atoms with Gasteiger partial charge in [0.15, 0.2) is 0 Å². The van der Waals surface area contributed by atoms with E-state index in [9.17, 15) is 4.79 Å². The maximum absolute atomic E-state index is 11.9. The van der Waals surface area contributed by atoms with E-state index in [4.69, 9.17) is 0 Å². The minimum absolute atomic E-state index is 0.0435. The molecular formula is C11H12BrN5O. The Bertz CT molecular complexity index is 528. The molecule has 2 aromatic rings. The van der Waals surface area contributed by atoms with E-state index in [-0.39, 0.29) is 12.5 Å². The largest absolute Gasteiger partial charge is 0.340 e. The lowest BCUT2D eigenvalue weighted by atomic mass is 10.2. The van der Waals surface area contributed by atoms with Crippen molar-refractivity contribution in [1.29, 1.82) is 0 Å². The summed E-state index contributed by atoms with van der Waals surface area (Å²) in [5.41, 5.74) is 1.06. The van der Waals surface area contributed by atoms with Crippen molar-refractivity contribution < 1.29 is 4.79 Å². The molecule has 0 bridgehead atoms. The van der Waals surface area contributed by atoms with Gasteiger partial charge in [-0.3, -0.25) is 4.79 Å². The van der Waals surface area contributed by atoms with Crippen LogP contribution in [0.15, 0.2) is 35.1 Å². The Morgan fingerprint density at radius 3 is 2.89 bits per heavy atom. The van der Waals surface area contributed by atoms with Gasteiger partial charge in [-0.05, 0) is 22.1 Å². The Morgan fingerprint density at radius 1 is 1.44 bits per heavy atom. The van der Waals surface area contributed by atoms with E-state index in [1.807, 2.05) is 24.3 Å². The van der Waals surface area contributed by atoms with Crippen LogP contribution in [-0.4, -0.2) is 38.1 Å². The fraction of sp³-hybridized carbons (Fsp3) is 0.273. The van der Waals surface area contributed by atoms with Gasteiger partial charge in [0.25, 0.3) is 0 Å². The standard InChI is InChI=1S/C11H12BrN5O/c1-16(6-9-4-2-3-5-10(9)12)11(18)7-17-8-13-14-15-17/h2-5,8H,6-7H2,1H3. The predicted molar refractivity (Wildman–Crippen MR) is 68.4 cm³/mol. The number of benzene rings is 1. The molecule has 0 fully saturated rings. The van der Waals surface area contributed by atoms with Gasteiger partial charge in [-0.1, -0.05) is 34.1 Å². The zero-order chi connectivity index (χ0) is 13.0. The van der Waals surface area contributed by atoms with Gasteiger partial charge >= 0.3 is 0 Å². The third-order valence-corrected chi connectivity index (χ3v) is 3.25. The van der Waals surface area contributed by atoms with Crippen molar-refractivity contribution in [2.45, 2.75) is 13.1 Å². The molecule has 94 valence electrons. The fourth-order valence-electron chi connectivity index (χ4n) is 1.48. The number of halogens is 1. The number of likely N-dealkylation sites (N-methyl/N-ethyl adjacent to an activating group) is 1. The van der Waals surface area contributed by atoms with Crippen molar-refractivity contribution in [2.24, 2.45) is 0 Å². The smallest absolute Gasteiger partial charge is 0.244 e. The molecule has 18 heavy (non-hydrogen) atoms. The molecule has 0 saturated carbocycles. The molecule has 2 rings (SSSR count). The quantitative estimate of drug-likeness (QED) is 0.848. The molecule has 0 aliphatic heterocycles. The van der Waals surface area contributed by atoms with Crippen LogP contribution >= 0.6 is 15.9 Å². The topological polar surface area (TPSA) is 63.9 Å². The first-order valence-electron chi connectivity index (χ1n) is 5.35. The molecule has 0 aliphatic carbocycles. The number of aromatic nitrogens is 4. The molecule has 0 unspecified atom stereocenters. The van der Waals surface area contributed by atoms with Gasteiger partial charge in [0.05, 0.1) is 0 Å². The van der Waals surface area contributed by atoms with Gasteiger partial charge in [-0.2, -0.15) is 0 Å². The van der Waals surface area contributed by atoms with Crippen molar-refractivity contribution in [1.82, 2.24) is 25.1 Å². The molecule has 7 heteroatoms. The highest BCUT2D eigenvalue weighted by Gasteiger charge is 2.11. The minimum Gasteiger partial charge on any atom is -0.340 e. The molecule has 0 N–H and O–H groups in total. The van der Waals surface area contributed by atoms with Crippen molar-refractivity contribution >= 4 is 21.8 Å². The van der Waals surface area contributed by atoms with E-state index in [0.717, 1.165) is 10.0 Å². The summed E-state index contributed by atoms with van der Waals surface area (Å²) >= 11 is 3.46. The van der Waals surface area contributed by atoms with Gasteiger partial charge < -0.3 is 4.90 Å². The zero-order valence-electron chi connectivity index (χ0n) is 9.82. The lowest BCUT2D eigenvalue weighted by Gasteiger charge is -2.17. The summed E-state index contributed by atoms with van der Waals surface area (Å²) in [6.45, 7) is 0.691. The molecule has 1 amide bonds. The molecule has 1 aromatic carbocycles. The Morgan fingerprint density at radius 2 is 2.22 bits per heavy atom. The van der Waals surface area contributed by atoms with Crippen molar-refractivity contribution in [2.75, 3.05) is 7.05 Å². The number of nitrogens with zero attached hydrogens (tertiary/aromatic N) is 5. The number of rotatable bonds is 4. The van der Waals surface area contributed by atoms with Crippen molar-refractivity contribution in [3.05, 3.63) is 40.6 Å². The minimum atomic E-state index is -0.0435. The van der Waals surface area contributed by atoms with Gasteiger partial charge in [-0.15, -0.1) is 5.10 Å². The first-order valence-corrected chi connectivity index (χ1v) is 6.14. The average Bonchev–Trinajstić information content (AvgIpc) is 2.84. The van der Waals surface area contributed by atoms with Crippen molar-refractivity contribution in [3.63, 3.8) is 0 Å². The van der Waals surface area contributed by atoms with E-state index in [0.29, 0.717) is 6.54 Å². The Hall–Kier alpha value is -1.76.